The van der Waals surface area contributed by atoms with Gasteiger partial charge in [-0.1, -0.05) is 32.6 Å². The highest BCUT2D eigenvalue weighted by Crippen LogP contribution is 2.32. The Labute approximate surface area is 82.3 Å². The third-order valence-corrected chi connectivity index (χ3v) is 3.84. The minimum atomic E-state index is 0.902. The zero-order chi connectivity index (χ0) is 9.10. The predicted octanol–water partition coefficient (Wildman–Crippen LogP) is 2.95. The highest BCUT2D eigenvalue weighted by Gasteiger charge is 2.26. The van der Waals surface area contributed by atoms with Crippen molar-refractivity contribution in [1.29, 1.82) is 0 Å². The molecule has 0 amide bonds. The lowest BCUT2D eigenvalue weighted by atomic mass is 9.78. The van der Waals surface area contributed by atoms with Gasteiger partial charge in [-0.2, -0.15) is 0 Å². The molecule has 0 saturated heterocycles. The summed E-state index contributed by atoms with van der Waals surface area (Å²) in [6.45, 7) is 3.67. The summed E-state index contributed by atoms with van der Waals surface area (Å²) in [4.78, 5) is 0. The Balaban J connectivity index is 1.72. The van der Waals surface area contributed by atoms with Crippen molar-refractivity contribution in [3.8, 4) is 0 Å². The molecule has 1 nitrogen and oxygen atoms in total. The summed E-state index contributed by atoms with van der Waals surface area (Å²) in [7, 11) is 0. The Hall–Kier alpha value is -0.0400. The largest absolute Gasteiger partial charge is 0.314 e. The van der Waals surface area contributed by atoms with E-state index in [1.54, 1.807) is 0 Å². The summed E-state index contributed by atoms with van der Waals surface area (Å²) in [5, 5.41) is 3.69. The van der Waals surface area contributed by atoms with Crippen LogP contribution in [0.15, 0.2) is 0 Å². The van der Waals surface area contributed by atoms with Crippen LogP contribution >= 0.6 is 0 Å². The normalized spacial score (nSPS) is 34.8. The number of hydrogen-bond donors (Lipinski definition) is 1. The Bertz CT molecular complexity index is 151. The third-order valence-electron chi connectivity index (χ3n) is 3.84. The van der Waals surface area contributed by atoms with Crippen LogP contribution in [0.4, 0.5) is 0 Å². The average molecular weight is 181 g/mol. The number of nitrogens with one attached hydrogen (secondary N) is 1. The topological polar surface area (TPSA) is 12.0 Å². The van der Waals surface area contributed by atoms with E-state index in [2.05, 4.69) is 12.2 Å². The van der Waals surface area contributed by atoms with Crippen molar-refractivity contribution in [3.63, 3.8) is 0 Å². The van der Waals surface area contributed by atoms with Gasteiger partial charge in [0.25, 0.3) is 0 Å². The van der Waals surface area contributed by atoms with Crippen molar-refractivity contribution in [3.05, 3.63) is 0 Å². The van der Waals surface area contributed by atoms with Gasteiger partial charge in [-0.25, -0.2) is 0 Å². The Morgan fingerprint density at radius 3 is 2.31 bits per heavy atom. The molecule has 2 aliphatic rings. The maximum Gasteiger partial charge on any atom is 0.00683 e. The molecule has 0 aromatic heterocycles. The van der Waals surface area contributed by atoms with Gasteiger partial charge >= 0.3 is 0 Å². The van der Waals surface area contributed by atoms with E-state index in [-0.39, 0.29) is 0 Å². The first-order chi connectivity index (χ1) is 6.40. The summed E-state index contributed by atoms with van der Waals surface area (Å²) in [5.41, 5.74) is 0. The van der Waals surface area contributed by atoms with Gasteiger partial charge in [0.1, 0.15) is 0 Å². The van der Waals surface area contributed by atoms with E-state index >= 15 is 0 Å². The van der Waals surface area contributed by atoms with Crippen LogP contribution in [0.25, 0.3) is 0 Å². The molecular formula is C12H23N. The van der Waals surface area contributed by atoms with E-state index in [9.17, 15) is 0 Å². The van der Waals surface area contributed by atoms with Gasteiger partial charge in [0, 0.05) is 6.04 Å². The molecule has 1 N–H and O–H groups in total. The fraction of sp³-hybridized carbons (Fsp3) is 1.00. The summed E-state index contributed by atoms with van der Waals surface area (Å²) < 4.78 is 0. The highest BCUT2D eigenvalue weighted by atomic mass is 14.9. The maximum atomic E-state index is 3.69. The van der Waals surface area contributed by atoms with Crippen molar-refractivity contribution in [2.45, 2.75) is 57.9 Å². The average Bonchev–Trinajstić information content (AvgIpc) is 2.99. The molecule has 0 radical (unpaired) electrons. The Morgan fingerprint density at radius 1 is 1.00 bits per heavy atom. The summed E-state index contributed by atoms with van der Waals surface area (Å²) >= 11 is 0. The second kappa shape index (κ2) is 4.45. The molecule has 13 heavy (non-hydrogen) atoms. The molecule has 0 spiro atoms. The molecule has 2 atom stereocenters. The minimum absolute atomic E-state index is 0.902. The van der Waals surface area contributed by atoms with Crippen molar-refractivity contribution >= 4 is 0 Å². The van der Waals surface area contributed by atoms with Crippen molar-refractivity contribution < 1.29 is 0 Å². The molecule has 2 rings (SSSR count). The molecule has 2 aliphatic carbocycles. The van der Waals surface area contributed by atoms with Gasteiger partial charge in [-0.05, 0) is 37.6 Å². The minimum Gasteiger partial charge on any atom is -0.314 e. The van der Waals surface area contributed by atoms with Crippen LogP contribution in [-0.2, 0) is 0 Å². The molecule has 0 bridgehead atoms. The Kier molecular flexibility index (Phi) is 3.26. The van der Waals surface area contributed by atoms with Crippen LogP contribution in [0.2, 0.25) is 0 Å². The smallest absolute Gasteiger partial charge is 0.00683 e. The molecule has 0 aromatic rings. The SMILES string of the molecule is CCC1CCCCC1CNC1CC1. The van der Waals surface area contributed by atoms with Crippen molar-refractivity contribution in [1.82, 2.24) is 5.32 Å². The van der Waals surface area contributed by atoms with E-state index in [1.165, 1.54) is 51.5 Å². The molecule has 2 saturated carbocycles. The quantitative estimate of drug-likeness (QED) is 0.703. The lowest BCUT2D eigenvalue weighted by molar-refractivity contribution is 0.223. The van der Waals surface area contributed by atoms with E-state index in [1.807, 2.05) is 0 Å². The monoisotopic (exact) mass is 181 g/mol. The van der Waals surface area contributed by atoms with Crippen LogP contribution in [0, 0.1) is 11.8 Å². The van der Waals surface area contributed by atoms with Crippen LogP contribution in [0.5, 0.6) is 0 Å². The van der Waals surface area contributed by atoms with Gasteiger partial charge in [-0.3, -0.25) is 0 Å². The number of hydrogen-bond acceptors (Lipinski definition) is 1. The molecule has 0 aromatic carbocycles. The predicted molar refractivity (Wildman–Crippen MR) is 56.8 cm³/mol. The summed E-state index contributed by atoms with van der Waals surface area (Å²) in [6.07, 6.45) is 10.2. The van der Waals surface area contributed by atoms with E-state index in [4.69, 9.17) is 0 Å². The van der Waals surface area contributed by atoms with E-state index < -0.39 is 0 Å². The lowest BCUT2D eigenvalue weighted by Gasteiger charge is -2.31. The summed E-state index contributed by atoms with van der Waals surface area (Å²) in [6, 6.07) is 0.902. The van der Waals surface area contributed by atoms with Gasteiger partial charge in [-0.15, -0.1) is 0 Å². The highest BCUT2D eigenvalue weighted by molar-refractivity contribution is 4.84. The molecular weight excluding hydrogens is 158 g/mol. The van der Waals surface area contributed by atoms with Crippen LogP contribution in [0.3, 0.4) is 0 Å². The van der Waals surface area contributed by atoms with Gasteiger partial charge in [0.15, 0.2) is 0 Å². The van der Waals surface area contributed by atoms with Gasteiger partial charge in [0.05, 0.1) is 0 Å². The molecule has 2 unspecified atom stereocenters. The van der Waals surface area contributed by atoms with Crippen LogP contribution < -0.4 is 5.32 Å². The standard InChI is InChI=1S/C12H23N/c1-2-10-5-3-4-6-11(10)9-13-12-7-8-12/h10-13H,2-9H2,1H3. The second-order valence-electron chi connectivity index (χ2n) is 4.90. The number of rotatable bonds is 4. The first-order valence-corrected chi connectivity index (χ1v) is 6.13. The lowest BCUT2D eigenvalue weighted by Crippen LogP contribution is -2.31. The van der Waals surface area contributed by atoms with Gasteiger partial charge < -0.3 is 5.32 Å². The second-order valence-corrected chi connectivity index (χ2v) is 4.90. The molecule has 76 valence electrons. The fourth-order valence-corrected chi connectivity index (χ4v) is 2.70. The fourth-order valence-electron chi connectivity index (χ4n) is 2.70. The van der Waals surface area contributed by atoms with Crippen molar-refractivity contribution in [2.24, 2.45) is 11.8 Å². The molecule has 2 fully saturated rings. The zero-order valence-electron chi connectivity index (χ0n) is 8.89. The summed E-state index contributed by atoms with van der Waals surface area (Å²) in [5.74, 6) is 2.03. The van der Waals surface area contributed by atoms with Crippen LogP contribution in [0.1, 0.15) is 51.9 Å². The third kappa shape index (κ3) is 2.70. The first kappa shape index (κ1) is 9.51. The van der Waals surface area contributed by atoms with E-state index in [0.717, 1.165) is 17.9 Å². The Morgan fingerprint density at radius 2 is 1.69 bits per heavy atom. The molecule has 0 heterocycles. The zero-order valence-corrected chi connectivity index (χ0v) is 8.89. The molecule has 0 aliphatic heterocycles. The van der Waals surface area contributed by atoms with E-state index in [0.29, 0.717) is 0 Å². The molecule has 1 heteroatoms. The van der Waals surface area contributed by atoms with Gasteiger partial charge in [0.2, 0.25) is 0 Å². The van der Waals surface area contributed by atoms with Crippen LogP contribution in [-0.4, -0.2) is 12.6 Å². The first-order valence-electron chi connectivity index (χ1n) is 6.13. The maximum absolute atomic E-state index is 3.69. The van der Waals surface area contributed by atoms with Crippen molar-refractivity contribution in [2.75, 3.05) is 6.54 Å².